The predicted octanol–water partition coefficient (Wildman–Crippen LogP) is -1.19. The molecule has 0 spiro atoms. The summed E-state index contributed by atoms with van der Waals surface area (Å²) < 4.78 is 0. The lowest BCUT2D eigenvalue weighted by atomic mass is 10.2. The summed E-state index contributed by atoms with van der Waals surface area (Å²) in [6.07, 6.45) is 0.934. The number of carbonyl (C=O) groups is 3. The van der Waals surface area contributed by atoms with Crippen LogP contribution in [0.2, 0.25) is 0 Å². The molecule has 0 aliphatic carbocycles. The van der Waals surface area contributed by atoms with Crippen molar-refractivity contribution >= 4 is 29.4 Å². The van der Waals surface area contributed by atoms with Crippen LogP contribution in [0.1, 0.15) is 11.3 Å². The molecule has 0 radical (unpaired) electrons. The third-order valence-corrected chi connectivity index (χ3v) is 4.26. The summed E-state index contributed by atoms with van der Waals surface area (Å²) in [5, 5.41) is 19.2. The van der Waals surface area contributed by atoms with Crippen LogP contribution in [0.15, 0.2) is 17.5 Å². The van der Waals surface area contributed by atoms with Crippen LogP contribution in [0.3, 0.4) is 0 Å². The third-order valence-electron chi connectivity index (χ3n) is 3.36. The predicted molar refractivity (Wildman–Crippen MR) is 81.4 cm³/mol. The monoisotopic (exact) mass is 325 g/mol. The number of hydrogen-bond acceptors (Lipinski definition) is 6. The second-order valence-corrected chi connectivity index (χ2v) is 6.19. The summed E-state index contributed by atoms with van der Waals surface area (Å²) in [6, 6.07) is 2.70. The summed E-state index contributed by atoms with van der Waals surface area (Å²) in [6.45, 7) is 0.181. The van der Waals surface area contributed by atoms with Gasteiger partial charge >= 0.3 is 0 Å². The van der Waals surface area contributed by atoms with Crippen LogP contribution in [0.25, 0.3) is 0 Å². The van der Waals surface area contributed by atoms with E-state index in [9.17, 15) is 19.5 Å². The second-order valence-electron chi connectivity index (χ2n) is 5.16. The zero-order chi connectivity index (χ0) is 15.9. The Balaban J connectivity index is 1.72. The number of aldehydes is 1. The molecule has 22 heavy (non-hydrogen) atoms. The number of aliphatic hydroxyl groups excluding tert-OH is 1. The fraction of sp³-hybridized carbons (Fsp3) is 0.500. The van der Waals surface area contributed by atoms with Crippen LogP contribution in [0, 0.1) is 0 Å². The number of thiophene rings is 1. The van der Waals surface area contributed by atoms with Crippen LogP contribution < -0.4 is 16.0 Å². The van der Waals surface area contributed by atoms with Crippen molar-refractivity contribution in [1.29, 1.82) is 0 Å². The second kappa shape index (κ2) is 8.02. The lowest BCUT2D eigenvalue weighted by Crippen LogP contribution is -2.47. The highest BCUT2D eigenvalue weighted by Gasteiger charge is 2.28. The minimum Gasteiger partial charge on any atom is -0.392 e. The molecular formula is C14H19N3O4S. The highest BCUT2D eigenvalue weighted by Crippen LogP contribution is 2.10. The van der Waals surface area contributed by atoms with Gasteiger partial charge in [0.05, 0.1) is 24.7 Å². The van der Waals surface area contributed by atoms with Gasteiger partial charge in [-0.05, 0) is 17.9 Å². The molecule has 1 aliphatic heterocycles. The highest BCUT2D eigenvalue weighted by atomic mass is 32.1. The van der Waals surface area contributed by atoms with E-state index in [4.69, 9.17) is 0 Å². The summed E-state index contributed by atoms with van der Waals surface area (Å²) >= 11 is 1.52. The molecule has 1 aliphatic rings. The molecule has 0 aromatic carbocycles. The average molecular weight is 325 g/mol. The molecule has 4 N–H and O–H groups in total. The van der Waals surface area contributed by atoms with Crippen molar-refractivity contribution in [1.82, 2.24) is 16.0 Å². The van der Waals surface area contributed by atoms with Gasteiger partial charge in [-0.2, -0.15) is 0 Å². The SMILES string of the molecule is O=C[C@H](Cc1cccs1)NC(=O)CNC(=O)[C@@H]1CC(O)CN1. The van der Waals surface area contributed by atoms with Crippen LogP contribution in [-0.4, -0.2) is 54.5 Å². The maximum atomic E-state index is 11.8. The minimum absolute atomic E-state index is 0.193. The van der Waals surface area contributed by atoms with Gasteiger partial charge in [0.1, 0.15) is 6.29 Å². The zero-order valence-electron chi connectivity index (χ0n) is 12.0. The molecule has 8 heteroatoms. The standard InChI is InChI=1S/C14H19N3O4S/c18-8-9(4-11-2-1-3-22-11)17-13(20)7-16-14(21)12-5-10(19)6-15-12/h1-3,8-10,12,15,19H,4-7H2,(H,16,21)(H,17,20)/t9-,10?,12-/m0/s1. The van der Waals surface area contributed by atoms with E-state index in [1.54, 1.807) is 0 Å². The first kappa shape index (κ1) is 16.6. The fourth-order valence-electron chi connectivity index (χ4n) is 2.24. The van der Waals surface area contributed by atoms with Crippen molar-refractivity contribution in [2.45, 2.75) is 31.0 Å². The molecule has 2 amide bonds. The Hall–Kier alpha value is -1.77. The summed E-state index contributed by atoms with van der Waals surface area (Å²) in [5.41, 5.74) is 0. The van der Waals surface area contributed by atoms with Crippen molar-refractivity contribution in [2.75, 3.05) is 13.1 Å². The van der Waals surface area contributed by atoms with Gasteiger partial charge in [0.25, 0.3) is 0 Å². The molecule has 0 bridgehead atoms. The molecule has 3 atom stereocenters. The first-order valence-electron chi connectivity index (χ1n) is 7.04. The maximum Gasteiger partial charge on any atom is 0.239 e. The van der Waals surface area contributed by atoms with E-state index < -0.39 is 24.1 Å². The van der Waals surface area contributed by atoms with Gasteiger partial charge in [-0.1, -0.05) is 6.07 Å². The van der Waals surface area contributed by atoms with Crippen molar-refractivity contribution in [3.8, 4) is 0 Å². The molecule has 1 fully saturated rings. The topological polar surface area (TPSA) is 108 Å². The van der Waals surface area contributed by atoms with Crippen molar-refractivity contribution in [2.24, 2.45) is 0 Å². The molecule has 1 saturated heterocycles. The Morgan fingerprint density at radius 2 is 2.36 bits per heavy atom. The normalized spacial score (nSPS) is 22.0. The van der Waals surface area contributed by atoms with E-state index in [0.717, 1.165) is 4.88 Å². The molecule has 7 nitrogen and oxygen atoms in total. The number of carbonyl (C=O) groups excluding carboxylic acids is 3. The average Bonchev–Trinajstić information content (AvgIpc) is 3.15. The van der Waals surface area contributed by atoms with E-state index in [-0.39, 0.29) is 12.5 Å². The first-order chi connectivity index (χ1) is 10.6. The summed E-state index contributed by atoms with van der Waals surface area (Å²) in [5.74, 6) is -0.742. The number of nitrogens with one attached hydrogen (secondary N) is 3. The van der Waals surface area contributed by atoms with Gasteiger partial charge in [-0.25, -0.2) is 0 Å². The molecule has 2 rings (SSSR count). The number of aliphatic hydroxyl groups is 1. The number of amides is 2. The summed E-state index contributed by atoms with van der Waals surface area (Å²) in [4.78, 5) is 35.6. The van der Waals surface area contributed by atoms with Crippen molar-refractivity contribution in [3.63, 3.8) is 0 Å². The van der Waals surface area contributed by atoms with Crippen LogP contribution in [0.4, 0.5) is 0 Å². The van der Waals surface area contributed by atoms with E-state index in [0.29, 0.717) is 25.7 Å². The maximum absolute atomic E-state index is 11.8. The smallest absolute Gasteiger partial charge is 0.239 e. The van der Waals surface area contributed by atoms with Gasteiger partial charge < -0.3 is 25.9 Å². The van der Waals surface area contributed by atoms with Gasteiger partial charge in [-0.15, -0.1) is 11.3 Å². The van der Waals surface area contributed by atoms with Crippen LogP contribution in [0.5, 0.6) is 0 Å². The number of hydrogen-bond donors (Lipinski definition) is 4. The van der Waals surface area contributed by atoms with Gasteiger partial charge in [0.2, 0.25) is 11.8 Å². The van der Waals surface area contributed by atoms with E-state index in [1.807, 2.05) is 17.5 Å². The molecule has 0 saturated carbocycles. The summed E-state index contributed by atoms with van der Waals surface area (Å²) in [7, 11) is 0. The molecule has 1 aromatic heterocycles. The Morgan fingerprint density at radius 1 is 1.55 bits per heavy atom. The molecule has 1 unspecified atom stereocenters. The van der Waals surface area contributed by atoms with E-state index in [1.165, 1.54) is 11.3 Å². The molecule has 1 aromatic rings. The minimum atomic E-state index is -0.602. The third kappa shape index (κ3) is 4.90. The lowest BCUT2D eigenvalue weighted by molar-refractivity contribution is -0.128. The quantitative estimate of drug-likeness (QED) is 0.472. The molecular weight excluding hydrogens is 306 g/mol. The van der Waals surface area contributed by atoms with Crippen molar-refractivity contribution in [3.05, 3.63) is 22.4 Å². The first-order valence-corrected chi connectivity index (χ1v) is 7.92. The van der Waals surface area contributed by atoms with Gasteiger partial charge in [-0.3, -0.25) is 9.59 Å². The zero-order valence-corrected chi connectivity index (χ0v) is 12.8. The number of β-amino-alcohol motifs (C(OH)–C–C–N with tert-alkyl or cyclic N) is 1. The Morgan fingerprint density at radius 3 is 2.95 bits per heavy atom. The molecule has 2 heterocycles. The Kier molecular flexibility index (Phi) is 6.05. The number of rotatable bonds is 7. The molecule has 120 valence electrons. The van der Waals surface area contributed by atoms with Gasteiger partial charge in [0, 0.05) is 17.8 Å². The largest absolute Gasteiger partial charge is 0.392 e. The Labute approximate surface area is 132 Å². The van der Waals surface area contributed by atoms with Crippen molar-refractivity contribution < 1.29 is 19.5 Å². The lowest BCUT2D eigenvalue weighted by Gasteiger charge is -2.14. The van der Waals surface area contributed by atoms with Gasteiger partial charge in [0.15, 0.2) is 0 Å². The van der Waals surface area contributed by atoms with E-state index >= 15 is 0 Å². The van der Waals surface area contributed by atoms with Crippen LogP contribution in [-0.2, 0) is 20.8 Å². The van der Waals surface area contributed by atoms with Crippen LogP contribution >= 0.6 is 11.3 Å². The highest BCUT2D eigenvalue weighted by molar-refractivity contribution is 7.09. The Bertz CT molecular complexity index is 520. The van der Waals surface area contributed by atoms with E-state index in [2.05, 4.69) is 16.0 Å². The fourth-order valence-corrected chi connectivity index (χ4v) is 3.01.